The Balaban J connectivity index is 1.97. The molecular formula is C17H16N2O4S. The zero-order valence-electron chi connectivity index (χ0n) is 13.0. The summed E-state index contributed by atoms with van der Waals surface area (Å²) in [6, 6.07) is 13.8. The number of nitro benzene ring substituents is 1. The number of benzene rings is 2. The summed E-state index contributed by atoms with van der Waals surface area (Å²) in [5, 5.41) is 10.9. The number of hydrogen-bond donors (Lipinski definition) is 0. The fourth-order valence-electron chi connectivity index (χ4n) is 2.67. The number of anilines is 1. The van der Waals surface area contributed by atoms with Crippen LogP contribution in [0.4, 0.5) is 11.4 Å². The monoisotopic (exact) mass is 344 g/mol. The number of nitrogens with zero attached hydrogens (tertiary/aromatic N) is 2. The Labute approximate surface area is 143 Å². The van der Waals surface area contributed by atoms with Gasteiger partial charge in [0.2, 0.25) is 5.91 Å². The lowest BCUT2D eigenvalue weighted by molar-refractivity contribution is -0.385. The predicted molar refractivity (Wildman–Crippen MR) is 93.4 cm³/mol. The molecule has 0 radical (unpaired) electrons. The maximum Gasteiger partial charge on any atom is 0.275 e. The van der Waals surface area contributed by atoms with Crippen LogP contribution in [-0.2, 0) is 4.79 Å². The van der Waals surface area contributed by atoms with Crippen LogP contribution in [0.3, 0.4) is 0 Å². The van der Waals surface area contributed by atoms with Gasteiger partial charge in [0.25, 0.3) is 5.69 Å². The molecule has 24 heavy (non-hydrogen) atoms. The van der Waals surface area contributed by atoms with Gasteiger partial charge in [0.15, 0.2) is 0 Å². The molecule has 1 fully saturated rings. The summed E-state index contributed by atoms with van der Waals surface area (Å²) in [6.45, 7) is 2.47. The lowest BCUT2D eigenvalue weighted by atomic mass is 10.1. The van der Waals surface area contributed by atoms with Crippen LogP contribution in [0.25, 0.3) is 0 Å². The van der Waals surface area contributed by atoms with E-state index < -0.39 is 10.3 Å². The topological polar surface area (TPSA) is 72.7 Å². The average molecular weight is 344 g/mol. The first kappa shape index (κ1) is 16.3. The van der Waals surface area contributed by atoms with Crippen LogP contribution in [-0.4, -0.2) is 23.2 Å². The third kappa shape index (κ3) is 3.07. The first-order chi connectivity index (χ1) is 11.6. The molecule has 3 rings (SSSR count). The van der Waals surface area contributed by atoms with E-state index in [1.807, 2.05) is 6.92 Å². The van der Waals surface area contributed by atoms with Crippen LogP contribution in [0.5, 0.6) is 5.75 Å². The van der Waals surface area contributed by atoms with Crippen molar-refractivity contribution < 1.29 is 14.5 Å². The molecule has 2 aromatic carbocycles. The van der Waals surface area contributed by atoms with Crippen molar-refractivity contribution in [3.05, 3.63) is 64.2 Å². The van der Waals surface area contributed by atoms with Crippen molar-refractivity contribution in [2.45, 2.75) is 12.3 Å². The number of para-hydroxylation sites is 1. The molecule has 1 saturated heterocycles. The van der Waals surface area contributed by atoms with E-state index in [0.717, 1.165) is 5.75 Å². The second-order valence-corrected chi connectivity index (χ2v) is 6.24. The van der Waals surface area contributed by atoms with E-state index in [2.05, 4.69) is 0 Å². The molecule has 6 nitrogen and oxygen atoms in total. The molecule has 1 aliphatic heterocycles. The van der Waals surface area contributed by atoms with Gasteiger partial charge < -0.3 is 4.74 Å². The van der Waals surface area contributed by atoms with Crippen LogP contribution >= 0.6 is 11.8 Å². The van der Waals surface area contributed by atoms with Crippen LogP contribution in [0.1, 0.15) is 17.9 Å². The summed E-state index contributed by atoms with van der Waals surface area (Å²) in [5.41, 5.74) is 1.27. The first-order valence-electron chi connectivity index (χ1n) is 7.51. The lowest BCUT2D eigenvalue weighted by Crippen LogP contribution is -2.28. The number of hydrogen-bond acceptors (Lipinski definition) is 5. The highest BCUT2D eigenvalue weighted by Crippen LogP contribution is 2.44. The predicted octanol–water partition coefficient (Wildman–Crippen LogP) is 3.77. The van der Waals surface area contributed by atoms with E-state index in [1.165, 1.54) is 17.8 Å². The highest BCUT2D eigenvalue weighted by molar-refractivity contribution is 8.00. The van der Waals surface area contributed by atoms with E-state index in [0.29, 0.717) is 23.6 Å². The van der Waals surface area contributed by atoms with Crippen LogP contribution in [0, 0.1) is 10.1 Å². The number of amides is 1. The molecule has 1 atom stereocenters. The van der Waals surface area contributed by atoms with Crippen molar-refractivity contribution in [1.82, 2.24) is 0 Å². The molecule has 2 aromatic rings. The number of thioether (sulfide) groups is 1. The highest BCUT2D eigenvalue weighted by atomic mass is 32.2. The number of nitro groups is 1. The fourth-order valence-corrected chi connectivity index (χ4v) is 3.87. The summed E-state index contributed by atoms with van der Waals surface area (Å²) in [6.07, 6.45) is 0. The molecule has 0 aromatic heterocycles. The molecule has 7 heteroatoms. The quantitative estimate of drug-likeness (QED) is 0.610. The summed E-state index contributed by atoms with van der Waals surface area (Å²) in [4.78, 5) is 24.9. The summed E-state index contributed by atoms with van der Waals surface area (Å²) >= 11 is 1.39. The summed E-state index contributed by atoms with van der Waals surface area (Å²) < 4.78 is 5.41. The van der Waals surface area contributed by atoms with Gasteiger partial charge in [0.1, 0.15) is 11.1 Å². The van der Waals surface area contributed by atoms with Crippen LogP contribution < -0.4 is 9.64 Å². The van der Waals surface area contributed by atoms with Gasteiger partial charge in [-0.25, -0.2) is 0 Å². The zero-order valence-corrected chi connectivity index (χ0v) is 13.9. The van der Waals surface area contributed by atoms with Gasteiger partial charge in [-0.05, 0) is 37.3 Å². The Hall–Kier alpha value is -2.54. The average Bonchev–Trinajstić information content (AvgIpc) is 2.97. The Kier molecular flexibility index (Phi) is 4.71. The zero-order chi connectivity index (χ0) is 17.1. The minimum absolute atomic E-state index is 0.0284. The van der Waals surface area contributed by atoms with Crippen molar-refractivity contribution >= 4 is 29.0 Å². The molecule has 0 unspecified atom stereocenters. The number of ether oxygens (including phenoxy) is 1. The minimum Gasteiger partial charge on any atom is -0.494 e. The molecule has 124 valence electrons. The Bertz CT molecular complexity index is 763. The SMILES string of the molecule is CCOc1ccc(N2C(=O)CS[C@H]2c2ccccc2[N+](=O)[O-])cc1. The van der Waals surface area contributed by atoms with Crippen LogP contribution in [0.2, 0.25) is 0 Å². The molecule has 0 bridgehead atoms. The van der Waals surface area contributed by atoms with Crippen molar-refractivity contribution in [3.63, 3.8) is 0 Å². The van der Waals surface area contributed by atoms with Crippen LogP contribution in [0.15, 0.2) is 48.5 Å². The van der Waals surface area contributed by atoms with Gasteiger partial charge in [-0.2, -0.15) is 0 Å². The van der Waals surface area contributed by atoms with E-state index >= 15 is 0 Å². The van der Waals surface area contributed by atoms with Crippen molar-refractivity contribution in [2.75, 3.05) is 17.3 Å². The molecule has 0 aliphatic carbocycles. The Morgan fingerprint density at radius 3 is 2.62 bits per heavy atom. The van der Waals surface area contributed by atoms with E-state index in [4.69, 9.17) is 4.74 Å². The van der Waals surface area contributed by atoms with Gasteiger partial charge in [0.05, 0.1) is 22.8 Å². The standard InChI is InChI=1S/C17H16N2O4S/c1-2-23-13-9-7-12(8-10-13)18-16(20)11-24-17(18)14-5-3-4-6-15(14)19(21)22/h3-10,17H,2,11H2,1H3/t17-/m0/s1. The molecule has 0 saturated carbocycles. The Morgan fingerprint density at radius 2 is 1.96 bits per heavy atom. The van der Waals surface area contributed by atoms with E-state index in [-0.39, 0.29) is 11.6 Å². The molecular weight excluding hydrogens is 328 g/mol. The van der Waals surface area contributed by atoms with Gasteiger partial charge in [-0.15, -0.1) is 11.8 Å². The molecule has 1 heterocycles. The van der Waals surface area contributed by atoms with E-state index in [1.54, 1.807) is 47.4 Å². The largest absolute Gasteiger partial charge is 0.494 e. The normalized spacial score (nSPS) is 17.1. The lowest BCUT2D eigenvalue weighted by Gasteiger charge is -2.24. The molecule has 0 spiro atoms. The minimum atomic E-state index is -0.408. The number of carbonyl (C=O) groups is 1. The third-order valence-corrected chi connectivity index (χ3v) is 4.89. The number of rotatable bonds is 5. The second kappa shape index (κ2) is 6.92. The summed E-state index contributed by atoms with van der Waals surface area (Å²) in [5.74, 6) is 0.958. The van der Waals surface area contributed by atoms with Crippen molar-refractivity contribution in [3.8, 4) is 5.75 Å². The number of carbonyl (C=O) groups excluding carboxylic acids is 1. The van der Waals surface area contributed by atoms with Crippen molar-refractivity contribution in [2.24, 2.45) is 0 Å². The van der Waals surface area contributed by atoms with E-state index in [9.17, 15) is 14.9 Å². The Morgan fingerprint density at radius 1 is 1.25 bits per heavy atom. The second-order valence-electron chi connectivity index (χ2n) is 5.17. The smallest absolute Gasteiger partial charge is 0.275 e. The van der Waals surface area contributed by atoms with Gasteiger partial charge in [-0.1, -0.05) is 12.1 Å². The molecule has 0 N–H and O–H groups in total. The van der Waals surface area contributed by atoms with Gasteiger partial charge >= 0.3 is 0 Å². The third-order valence-electron chi connectivity index (χ3n) is 3.69. The van der Waals surface area contributed by atoms with Gasteiger partial charge in [0, 0.05) is 11.8 Å². The van der Waals surface area contributed by atoms with Gasteiger partial charge in [-0.3, -0.25) is 19.8 Å². The fraction of sp³-hybridized carbons (Fsp3) is 0.235. The van der Waals surface area contributed by atoms with Crippen molar-refractivity contribution in [1.29, 1.82) is 0 Å². The highest BCUT2D eigenvalue weighted by Gasteiger charge is 2.37. The molecule has 1 amide bonds. The molecule has 1 aliphatic rings. The first-order valence-corrected chi connectivity index (χ1v) is 8.56. The maximum absolute atomic E-state index is 12.4. The summed E-state index contributed by atoms with van der Waals surface area (Å²) in [7, 11) is 0. The maximum atomic E-state index is 12.4.